The van der Waals surface area contributed by atoms with E-state index in [9.17, 15) is 22.8 Å². The molecule has 0 aromatic heterocycles. The van der Waals surface area contributed by atoms with Crippen LogP contribution in [-0.4, -0.2) is 43.0 Å². The first-order valence-corrected chi connectivity index (χ1v) is 10.4. The molecule has 1 N–H and O–H groups in total. The molecule has 0 bridgehead atoms. The summed E-state index contributed by atoms with van der Waals surface area (Å²) in [5.41, 5.74) is 0.190. The van der Waals surface area contributed by atoms with E-state index in [0.717, 1.165) is 12.1 Å². The van der Waals surface area contributed by atoms with Crippen LogP contribution >= 0.6 is 0 Å². The average Bonchev–Trinajstić information content (AvgIpc) is 3.17. The highest BCUT2D eigenvalue weighted by atomic mass is 19.4. The van der Waals surface area contributed by atoms with Crippen molar-refractivity contribution in [3.05, 3.63) is 59.2 Å². The summed E-state index contributed by atoms with van der Waals surface area (Å²) in [6.45, 7) is 1.52. The number of carbonyl (C=O) groups is 2. The second kappa shape index (κ2) is 9.10. The summed E-state index contributed by atoms with van der Waals surface area (Å²) < 4.78 is 50.6. The summed E-state index contributed by atoms with van der Waals surface area (Å²) in [6, 6.07) is 9.28. The number of rotatable bonds is 6. The van der Waals surface area contributed by atoms with Crippen LogP contribution in [0, 0.1) is 0 Å². The van der Waals surface area contributed by atoms with E-state index in [1.807, 2.05) is 0 Å². The third kappa shape index (κ3) is 5.15. The first-order valence-electron chi connectivity index (χ1n) is 10.4. The summed E-state index contributed by atoms with van der Waals surface area (Å²) in [4.78, 5) is 26.5. The van der Waals surface area contributed by atoms with Crippen molar-refractivity contribution in [1.82, 2.24) is 10.2 Å². The van der Waals surface area contributed by atoms with Crippen molar-refractivity contribution in [1.29, 1.82) is 0 Å². The Morgan fingerprint density at radius 3 is 2.59 bits per heavy atom. The zero-order valence-electron chi connectivity index (χ0n) is 17.3. The molecular weight excluding hydrogens is 425 g/mol. The lowest BCUT2D eigenvalue weighted by molar-refractivity contribution is -0.137. The maximum Gasteiger partial charge on any atom is 0.416 e. The molecule has 6 nitrogen and oxygen atoms in total. The first kappa shape index (κ1) is 22.0. The summed E-state index contributed by atoms with van der Waals surface area (Å²) in [7, 11) is 0. The van der Waals surface area contributed by atoms with Crippen molar-refractivity contribution in [3.63, 3.8) is 0 Å². The molecule has 1 atom stereocenters. The SMILES string of the molecule is O=C(Cc1ccc2c(c1)OCCO2)NC(CN1CCCC1=O)c1cccc(C(F)(F)F)c1. The van der Waals surface area contributed by atoms with Gasteiger partial charge >= 0.3 is 6.18 Å². The highest BCUT2D eigenvalue weighted by Gasteiger charge is 2.32. The predicted octanol–water partition coefficient (Wildman–Crippen LogP) is 3.50. The lowest BCUT2D eigenvalue weighted by atomic mass is 10.0. The van der Waals surface area contributed by atoms with Crippen LogP contribution in [0.4, 0.5) is 13.2 Å². The number of hydrogen-bond acceptors (Lipinski definition) is 4. The number of nitrogens with one attached hydrogen (secondary N) is 1. The number of hydrogen-bond donors (Lipinski definition) is 1. The highest BCUT2D eigenvalue weighted by molar-refractivity contribution is 5.80. The highest BCUT2D eigenvalue weighted by Crippen LogP contribution is 2.32. The zero-order valence-corrected chi connectivity index (χ0v) is 17.3. The third-order valence-corrected chi connectivity index (χ3v) is 5.50. The molecular formula is C23H23F3N2O4. The van der Waals surface area contributed by atoms with E-state index in [1.165, 1.54) is 12.1 Å². The van der Waals surface area contributed by atoms with Crippen LogP contribution in [0.3, 0.4) is 0 Å². The van der Waals surface area contributed by atoms with Gasteiger partial charge in [0, 0.05) is 19.5 Å². The molecule has 2 aliphatic heterocycles. The van der Waals surface area contributed by atoms with E-state index in [1.54, 1.807) is 23.1 Å². The Morgan fingerprint density at radius 1 is 1.09 bits per heavy atom. The van der Waals surface area contributed by atoms with Crippen LogP contribution in [0.15, 0.2) is 42.5 Å². The second-order valence-corrected chi connectivity index (χ2v) is 7.84. The standard InChI is InChI=1S/C23H23F3N2O4/c24-23(25,26)17-4-1-3-16(13-17)18(14-28-8-2-5-22(28)30)27-21(29)12-15-6-7-19-20(11-15)32-10-9-31-19/h1,3-4,6-7,11,13,18H,2,5,8-10,12,14H2,(H,27,29). The van der Waals surface area contributed by atoms with E-state index >= 15 is 0 Å². The molecule has 2 aliphatic rings. The smallest absolute Gasteiger partial charge is 0.416 e. The number of amides is 2. The average molecular weight is 448 g/mol. The summed E-state index contributed by atoms with van der Waals surface area (Å²) in [5.74, 6) is 0.729. The van der Waals surface area contributed by atoms with Crippen molar-refractivity contribution in [2.24, 2.45) is 0 Å². The van der Waals surface area contributed by atoms with Gasteiger partial charge in [-0.25, -0.2) is 0 Å². The van der Waals surface area contributed by atoms with Gasteiger partial charge in [0.15, 0.2) is 11.5 Å². The Hall–Kier alpha value is -3.23. The van der Waals surface area contributed by atoms with Gasteiger partial charge in [0.05, 0.1) is 18.0 Å². The van der Waals surface area contributed by atoms with Crippen LogP contribution in [0.5, 0.6) is 11.5 Å². The monoisotopic (exact) mass is 448 g/mol. The maximum absolute atomic E-state index is 13.2. The molecule has 2 aromatic carbocycles. The van der Waals surface area contributed by atoms with E-state index in [-0.39, 0.29) is 24.8 Å². The number of fused-ring (bicyclic) bond motifs is 1. The van der Waals surface area contributed by atoms with Gasteiger partial charge in [-0.05, 0) is 41.8 Å². The number of alkyl halides is 3. The van der Waals surface area contributed by atoms with Crippen LogP contribution in [0.25, 0.3) is 0 Å². The predicted molar refractivity (Wildman–Crippen MR) is 109 cm³/mol. The summed E-state index contributed by atoms with van der Waals surface area (Å²) in [5, 5.41) is 2.82. The fourth-order valence-corrected chi connectivity index (χ4v) is 3.91. The molecule has 9 heteroatoms. The number of benzene rings is 2. The maximum atomic E-state index is 13.2. The Balaban J connectivity index is 1.52. The Bertz CT molecular complexity index is 1010. The number of nitrogens with zero attached hydrogens (tertiary/aromatic N) is 1. The molecule has 2 aromatic rings. The Labute approximate surface area is 183 Å². The topological polar surface area (TPSA) is 67.9 Å². The third-order valence-electron chi connectivity index (χ3n) is 5.50. The molecule has 2 amide bonds. The van der Waals surface area contributed by atoms with E-state index in [0.29, 0.717) is 55.2 Å². The lowest BCUT2D eigenvalue weighted by Crippen LogP contribution is -2.39. The molecule has 0 spiro atoms. The first-order chi connectivity index (χ1) is 15.3. The number of halogens is 3. The van der Waals surface area contributed by atoms with Crippen LogP contribution in [0.1, 0.15) is 35.6 Å². The van der Waals surface area contributed by atoms with Crippen LogP contribution in [-0.2, 0) is 22.2 Å². The zero-order chi connectivity index (χ0) is 22.7. The molecule has 4 rings (SSSR count). The molecule has 1 fully saturated rings. The molecule has 1 saturated heterocycles. The van der Waals surface area contributed by atoms with Crippen LogP contribution in [0.2, 0.25) is 0 Å². The van der Waals surface area contributed by atoms with Crippen molar-refractivity contribution < 1.29 is 32.2 Å². The van der Waals surface area contributed by atoms with Gasteiger partial charge in [0.1, 0.15) is 13.2 Å². The normalized spacial score (nSPS) is 16.7. The molecule has 2 heterocycles. The van der Waals surface area contributed by atoms with Crippen molar-refractivity contribution in [2.75, 3.05) is 26.3 Å². The van der Waals surface area contributed by atoms with Crippen LogP contribution < -0.4 is 14.8 Å². The van der Waals surface area contributed by atoms with Gasteiger partial charge in [-0.15, -0.1) is 0 Å². The minimum Gasteiger partial charge on any atom is -0.486 e. The van der Waals surface area contributed by atoms with Gasteiger partial charge in [-0.3, -0.25) is 9.59 Å². The summed E-state index contributed by atoms with van der Waals surface area (Å²) >= 11 is 0. The fraction of sp³-hybridized carbons (Fsp3) is 0.391. The Morgan fingerprint density at radius 2 is 1.88 bits per heavy atom. The largest absolute Gasteiger partial charge is 0.486 e. The minimum atomic E-state index is -4.50. The number of ether oxygens (including phenoxy) is 2. The molecule has 0 aliphatic carbocycles. The van der Waals surface area contributed by atoms with Crippen molar-refractivity contribution in [2.45, 2.75) is 31.5 Å². The van der Waals surface area contributed by atoms with E-state index in [2.05, 4.69) is 5.32 Å². The van der Waals surface area contributed by atoms with Gasteiger partial charge in [-0.2, -0.15) is 13.2 Å². The van der Waals surface area contributed by atoms with Gasteiger partial charge in [-0.1, -0.05) is 18.2 Å². The molecule has 170 valence electrons. The lowest BCUT2D eigenvalue weighted by Gasteiger charge is -2.26. The van der Waals surface area contributed by atoms with E-state index < -0.39 is 17.8 Å². The van der Waals surface area contributed by atoms with Gasteiger partial charge < -0.3 is 19.7 Å². The molecule has 32 heavy (non-hydrogen) atoms. The summed E-state index contributed by atoms with van der Waals surface area (Å²) in [6.07, 6.45) is -3.39. The molecule has 1 unspecified atom stereocenters. The molecule has 0 radical (unpaired) electrons. The number of carbonyl (C=O) groups excluding carboxylic acids is 2. The van der Waals surface area contributed by atoms with Crippen molar-refractivity contribution >= 4 is 11.8 Å². The van der Waals surface area contributed by atoms with Gasteiger partial charge in [0.2, 0.25) is 11.8 Å². The second-order valence-electron chi connectivity index (χ2n) is 7.84. The Kier molecular flexibility index (Phi) is 6.25. The van der Waals surface area contributed by atoms with Gasteiger partial charge in [0.25, 0.3) is 0 Å². The fourth-order valence-electron chi connectivity index (χ4n) is 3.91. The van der Waals surface area contributed by atoms with Crippen molar-refractivity contribution in [3.8, 4) is 11.5 Å². The minimum absolute atomic E-state index is 0.0139. The quantitative estimate of drug-likeness (QED) is 0.735. The molecule has 0 saturated carbocycles. The number of likely N-dealkylation sites (tertiary alicyclic amines) is 1. The van der Waals surface area contributed by atoms with E-state index in [4.69, 9.17) is 9.47 Å².